The summed E-state index contributed by atoms with van der Waals surface area (Å²) in [4.78, 5) is 9.36. The molecule has 12 aromatic carbocycles. The smallest absolute Gasteiger partial charge is 0.135 e. The third-order valence-corrected chi connectivity index (χ3v) is 16.1. The van der Waals surface area contributed by atoms with Gasteiger partial charge in [0, 0.05) is 89.8 Å². The lowest BCUT2D eigenvalue weighted by molar-refractivity contribution is 0.668. The van der Waals surface area contributed by atoms with E-state index in [0.29, 0.717) is 0 Å². The van der Waals surface area contributed by atoms with Gasteiger partial charge in [0.2, 0.25) is 0 Å². The fourth-order valence-corrected chi connectivity index (χ4v) is 12.0. The van der Waals surface area contributed by atoms with Gasteiger partial charge in [-0.05, 0) is 250 Å². The molecule has 0 amide bonds. The van der Waals surface area contributed by atoms with E-state index >= 15 is 0 Å². The Kier molecular flexibility index (Phi) is 13.1. The van der Waals surface area contributed by atoms with Crippen molar-refractivity contribution in [3.63, 3.8) is 0 Å². The van der Waals surface area contributed by atoms with Crippen molar-refractivity contribution in [1.82, 2.24) is 0 Å². The van der Waals surface area contributed by atoms with Crippen molar-refractivity contribution < 1.29 is 8.83 Å². The Balaban J connectivity index is 0.832. The van der Waals surface area contributed by atoms with Gasteiger partial charge in [-0.1, -0.05) is 103 Å². The molecule has 0 atom stereocenters. The van der Waals surface area contributed by atoms with Crippen molar-refractivity contribution in [3.8, 4) is 11.1 Å². The minimum Gasteiger partial charge on any atom is -0.456 e. The number of fused-ring (bicyclic) bond motifs is 6. The summed E-state index contributed by atoms with van der Waals surface area (Å²) in [5, 5.41) is 4.14. The first-order valence-electron chi connectivity index (χ1n) is 28.8. The van der Waals surface area contributed by atoms with E-state index in [9.17, 15) is 0 Å². The van der Waals surface area contributed by atoms with Gasteiger partial charge in [0.25, 0.3) is 0 Å². The summed E-state index contributed by atoms with van der Waals surface area (Å²) < 4.78 is 13.3. The molecule has 2 aromatic heterocycles. The Hall–Kier alpha value is -10.6. The molecule has 2 heterocycles. The van der Waals surface area contributed by atoms with Crippen LogP contribution in [0.1, 0.15) is 33.4 Å². The van der Waals surface area contributed by atoms with Crippen LogP contribution in [0, 0.1) is 41.5 Å². The van der Waals surface area contributed by atoms with E-state index in [1.54, 1.807) is 0 Å². The molecule has 0 aliphatic rings. The van der Waals surface area contributed by atoms with Crippen LogP contribution < -0.4 is 19.6 Å². The Labute approximate surface area is 490 Å². The Morgan fingerprint density at radius 2 is 0.405 bits per heavy atom. The molecule has 0 bridgehead atoms. The molecule has 14 rings (SSSR count). The van der Waals surface area contributed by atoms with Crippen LogP contribution in [0.15, 0.2) is 276 Å². The van der Waals surface area contributed by atoms with Gasteiger partial charge in [0.1, 0.15) is 22.3 Å². The maximum atomic E-state index is 6.68. The first kappa shape index (κ1) is 51.6. The van der Waals surface area contributed by atoms with Crippen molar-refractivity contribution in [2.24, 2.45) is 0 Å². The fourth-order valence-electron chi connectivity index (χ4n) is 12.0. The molecule has 14 aromatic rings. The number of furan rings is 2. The zero-order chi connectivity index (χ0) is 57.0. The average Bonchev–Trinajstić information content (AvgIpc) is 3.10. The van der Waals surface area contributed by atoms with E-state index in [1.165, 1.54) is 33.4 Å². The molecule has 406 valence electrons. The molecular weight excluding hydrogens is 1020 g/mol. The Bertz CT molecular complexity index is 4720. The first-order chi connectivity index (χ1) is 41.0. The molecule has 0 aliphatic carbocycles. The monoisotopic (exact) mass is 1090 g/mol. The van der Waals surface area contributed by atoms with Gasteiger partial charge in [-0.25, -0.2) is 0 Å². The van der Waals surface area contributed by atoms with Crippen LogP contribution in [-0.2, 0) is 0 Å². The Morgan fingerprint density at radius 3 is 0.667 bits per heavy atom. The maximum absolute atomic E-state index is 6.68. The zero-order valence-corrected chi connectivity index (χ0v) is 48.0. The molecule has 84 heavy (non-hydrogen) atoms. The van der Waals surface area contributed by atoms with Crippen LogP contribution in [0.3, 0.4) is 0 Å². The SMILES string of the molecule is Cc1ccc(N(c2ccc(-c3ccc(N(c4cccc(C)c4)c4ccc5oc6ccc(N(c7cccc(C)c7)c7ccc8oc9ccc(N(c%10cccc(C)c%10)c%10cccc(C)c%10)cc9c8c7)cc6c5c4)cc3)cc2)c2cccc(C)c2)cc1. The third kappa shape index (κ3) is 9.88. The number of benzene rings is 12. The first-order valence-corrected chi connectivity index (χ1v) is 28.8. The van der Waals surface area contributed by atoms with Crippen molar-refractivity contribution in [1.29, 1.82) is 0 Å². The number of hydrogen-bond donors (Lipinski definition) is 0. The van der Waals surface area contributed by atoms with E-state index in [0.717, 1.165) is 123 Å². The standard InChI is InChI=1S/C78H62N4O2/c1-51-22-28-59(29-23-51)79(62-17-7-12-52(2)42-62)60-30-24-57(25-31-60)58-26-32-61(33-27-58)80(63-18-8-13-53(3)43-63)67-34-38-75-71(47-67)73-49-69(36-40-77(73)83-75)82(66-21-11-16-56(6)46-66)70-37-41-78-74(50-70)72-48-68(35-39-76(72)84-78)81(64-19-9-14-54(4)44-64)65-20-10-15-55(5)45-65/h7-50H,1-6H3. The molecule has 6 nitrogen and oxygen atoms in total. The van der Waals surface area contributed by atoms with E-state index in [1.807, 2.05) is 0 Å². The van der Waals surface area contributed by atoms with Crippen LogP contribution in [-0.4, -0.2) is 0 Å². The minimum atomic E-state index is 0.823. The summed E-state index contributed by atoms with van der Waals surface area (Å²) >= 11 is 0. The molecular formula is C78H62N4O2. The number of anilines is 12. The van der Waals surface area contributed by atoms with E-state index in [2.05, 4.69) is 328 Å². The van der Waals surface area contributed by atoms with Gasteiger partial charge < -0.3 is 28.4 Å². The summed E-state index contributed by atoms with van der Waals surface area (Å²) in [7, 11) is 0. The summed E-state index contributed by atoms with van der Waals surface area (Å²) in [5.41, 5.74) is 25.7. The molecule has 6 heteroatoms. The van der Waals surface area contributed by atoms with Crippen molar-refractivity contribution >= 4 is 112 Å². The number of rotatable bonds is 13. The van der Waals surface area contributed by atoms with Gasteiger partial charge in [-0.3, -0.25) is 0 Å². The summed E-state index contributed by atoms with van der Waals surface area (Å²) in [6.45, 7) is 12.9. The summed E-state index contributed by atoms with van der Waals surface area (Å²) in [5.74, 6) is 0. The van der Waals surface area contributed by atoms with Gasteiger partial charge in [-0.2, -0.15) is 0 Å². The van der Waals surface area contributed by atoms with Crippen LogP contribution in [0.25, 0.3) is 55.0 Å². The maximum Gasteiger partial charge on any atom is 0.135 e. The van der Waals surface area contributed by atoms with Crippen molar-refractivity contribution in [2.45, 2.75) is 41.5 Å². The number of nitrogens with zero attached hydrogens (tertiary/aromatic N) is 4. The van der Waals surface area contributed by atoms with Crippen LogP contribution in [0.2, 0.25) is 0 Å². The van der Waals surface area contributed by atoms with Gasteiger partial charge in [0.15, 0.2) is 0 Å². The lowest BCUT2D eigenvalue weighted by Gasteiger charge is -2.27. The highest BCUT2D eigenvalue weighted by Crippen LogP contribution is 2.46. The van der Waals surface area contributed by atoms with Gasteiger partial charge in [0.05, 0.1) is 0 Å². The van der Waals surface area contributed by atoms with E-state index < -0.39 is 0 Å². The predicted molar refractivity (Wildman–Crippen MR) is 354 cm³/mol. The normalized spacial score (nSPS) is 11.5. The molecule has 0 radical (unpaired) electrons. The molecule has 0 unspecified atom stereocenters. The molecule has 0 N–H and O–H groups in total. The van der Waals surface area contributed by atoms with E-state index in [-0.39, 0.29) is 0 Å². The molecule has 0 saturated heterocycles. The van der Waals surface area contributed by atoms with Gasteiger partial charge >= 0.3 is 0 Å². The van der Waals surface area contributed by atoms with Crippen molar-refractivity contribution in [3.05, 3.63) is 300 Å². The highest BCUT2D eigenvalue weighted by atomic mass is 16.3. The lowest BCUT2D eigenvalue weighted by atomic mass is 10.0. The summed E-state index contributed by atoms with van der Waals surface area (Å²) in [6.07, 6.45) is 0. The second-order valence-corrected chi connectivity index (χ2v) is 22.4. The average molecular weight is 1090 g/mol. The topological polar surface area (TPSA) is 39.2 Å². The second-order valence-electron chi connectivity index (χ2n) is 22.4. The van der Waals surface area contributed by atoms with Crippen LogP contribution in [0.4, 0.5) is 68.2 Å². The van der Waals surface area contributed by atoms with Gasteiger partial charge in [-0.15, -0.1) is 0 Å². The second kappa shape index (κ2) is 21.4. The molecule has 0 aliphatic heterocycles. The highest BCUT2D eigenvalue weighted by Gasteiger charge is 2.22. The molecule has 0 fully saturated rings. The lowest BCUT2D eigenvalue weighted by Crippen LogP contribution is -2.10. The quantitative estimate of drug-likeness (QED) is 0.115. The molecule has 0 saturated carbocycles. The van der Waals surface area contributed by atoms with Crippen molar-refractivity contribution in [2.75, 3.05) is 19.6 Å². The third-order valence-electron chi connectivity index (χ3n) is 16.1. The fraction of sp³-hybridized carbons (Fsp3) is 0.0769. The zero-order valence-electron chi connectivity index (χ0n) is 48.0. The molecule has 0 spiro atoms. The number of hydrogen-bond acceptors (Lipinski definition) is 6. The Morgan fingerprint density at radius 1 is 0.190 bits per heavy atom. The number of aryl methyl sites for hydroxylation is 6. The largest absolute Gasteiger partial charge is 0.456 e. The summed E-state index contributed by atoms with van der Waals surface area (Å²) in [6, 6.07) is 96.3. The predicted octanol–water partition coefficient (Wildman–Crippen LogP) is 22.9. The van der Waals surface area contributed by atoms with Crippen LogP contribution in [0.5, 0.6) is 0 Å². The minimum absolute atomic E-state index is 0.823. The van der Waals surface area contributed by atoms with E-state index in [4.69, 9.17) is 8.83 Å². The highest BCUT2D eigenvalue weighted by molar-refractivity contribution is 6.10. The van der Waals surface area contributed by atoms with Crippen LogP contribution >= 0.6 is 0 Å².